The summed E-state index contributed by atoms with van der Waals surface area (Å²) in [5.74, 6) is 1.98. The third-order valence-electron chi connectivity index (χ3n) is 7.68. The Morgan fingerprint density at radius 1 is 1.16 bits per heavy atom. The van der Waals surface area contributed by atoms with Crippen LogP contribution in [-0.4, -0.2) is 31.2 Å². The van der Waals surface area contributed by atoms with Gasteiger partial charge in [0.2, 0.25) is 5.75 Å². The molecule has 3 aliphatic carbocycles. The van der Waals surface area contributed by atoms with Gasteiger partial charge in [0.25, 0.3) is 0 Å². The van der Waals surface area contributed by atoms with Gasteiger partial charge in [0.1, 0.15) is 6.10 Å². The molecule has 3 aliphatic rings. The number of ether oxygens (including phenoxy) is 2. The maximum absolute atomic E-state index is 11.6. The van der Waals surface area contributed by atoms with Gasteiger partial charge in [0.05, 0.1) is 7.11 Å². The molecule has 0 aliphatic heterocycles. The number of phosphoric ester groups is 1. The molecular formula is C22H31O8P. The summed E-state index contributed by atoms with van der Waals surface area (Å²) in [7, 11) is -1.67. The molecule has 31 heavy (non-hydrogen) atoms. The van der Waals surface area contributed by atoms with Crippen LogP contribution in [-0.2, 0) is 29.7 Å². The summed E-state index contributed by atoms with van der Waals surface area (Å²) in [6, 6.07) is 3.81. The molecule has 0 heterocycles. The molecule has 2 fully saturated rings. The Morgan fingerprint density at radius 2 is 1.94 bits per heavy atom. The van der Waals surface area contributed by atoms with E-state index in [2.05, 4.69) is 16.1 Å². The fraction of sp³-hybridized carbons (Fsp3) is 0.682. The Kier molecular flexibility index (Phi) is 6.12. The van der Waals surface area contributed by atoms with Crippen molar-refractivity contribution in [2.75, 3.05) is 14.2 Å². The van der Waals surface area contributed by atoms with E-state index in [-0.39, 0.29) is 23.2 Å². The number of methoxy groups -OCH3 is 1. The number of aryl methyl sites for hydroxylation is 1. The van der Waals surface area contributed by atoms with E-state index < -0.39 is 7.82 Å². The molecule has 4 rings (SSSR count). The molecule has 9 heteroatoms. The van der Waals surface area contributed by atoms with Crippen molar-refractivity contribution in [1.29, 1.82) is 0 Å². The summed E-state index contributed by atoms with van der Waals surface area (Å²) >= 11 is 0. The van der Waals surface area contributed by atoms with Gasteiger partial charge in [-0.25, -0.2) is 4.57 Å². The predicted molar refractivity (Wildman–Crippen MR) is 112 cm³/mol. The van der Waals surface area contributed by atoms with Crippen LogP contribution in [0.4, 0.5) is 0 Å². The minimum Gasteiger partial charge on any atom is -0.493 e. The molecule has 6 atom stereocenters. The number of rotatable bonds is 6. The van der Waals surface area contributed by atoms with E-state index in [9.17, 15) is 14.3 Å². The first-order chi connectivity index (χ1) is 14.7. The van der Waals surface area contributed by atoms with Crippen LogP contribution in [0.1, 0.15) is 63.0 Å². The molecule has 0 saturated heterocycles. The van der Waals surface area contributed by atoms with Crippen molar-refractivity contribution in [1.82, 2.24) is 0 Å². The highest BCUT2D eigenvalue weighted by molar-refractivity contribution is 7.47. The molecule has 1 aromatic carbocycles. The minimum absolute atomic E-state index is 0.00904. The number of carbonyl (C=O) groups excluding carboxylic acids is 1. The van der Waals surface area contributed by atoms with Crippen molar-refractivity contribution in [3.63, 3.8) is 0 Å². The van der Waals surface area contributed by atoms with Crippen LogP contribution in [0.2, 0.25) is 0 Å². The molecule has 0 bridgehead atoms. The zero-order valence-electron chi connectivity index (χ0n) is 18.5. The highest BCUT2D eigenvalue weighted by Crippen LogP contribution is 2.62. The molecule has 172 valence electrons. The first-order valence-electron chi connectivity index (χ1n) is 10.8. The lowest BCUT2D eigenvalue weighted by molar-refractivity contribution is -0.154. The number of hydrogen-bond donors (Lipinski definition) is 1. The topological polar surface area (TPSA) is 101 Å². The zero-order valence-corrected chi connectivity index (χ0v) is 19.4. The van der Waals surface area contributed by atoms with E-state index in [0.29, 0.717) is 23.5 Å². The van der Waals surface area contributed by atoms with Crippen LogP contribution in [0.25, 0.3) is 0 Å². The highest BCUT2D eigenvalue weighted by Gasteiger charge is 2.56. The van der Waals surface area contributed by atoms with Gasteiger partial charge in [-0.1, -0.05) is 11.6 Å². The molecule has 0 spiro atoms. The highest BCUT2D eigenvalue weighted by atomic mass is 31.2. The Balaban J connectivity index is 1.58. The van der Waals surface area contributed by atoms with Gasteiger partial charge in [-0.05, 0) is 79.5 Å². The van der Waals surface area contributed by atoms with E-state index in [1.54, 1.807) is 0 Å². The lowest BCUT2D eigenvalue weighted by Crippen LogP contribution is -2.45. The standard InChI is InChI=1S/C22H31O8P/c1-13(23)28-21-8-7-18-16-6-5-14-11-20(29-30-31(24,25)27-4)19(26-3)12-17(14)15(16)9-10-22(18,21)2/h11-12,15-16,18,21H,5-10H2,1-4H3,(H,24,25)/t15-,16+,18-,21-,22-/m0/s1. The predicted octanol–water partition coefficient (Wildman–Crippen LogP) is 4.54. The summed E-state index contributed by atoms with van der Waals surface area (Å²) in [6.45, 7) is 3.79. The van der Waals surface area contributed by atoms with E-state index in [0.717, 1.165) is 51.2 Å². The Morgan fingerprint density at radius 3 is 2.61 bits per heavy atom. The summed E-state index contributed by atoms with van der Waals surface area (Å²) in [5.41, 5.74) is 2.43. The van der Waals surface area contributed by atoms with Gasteiger partial charge in [-0.15, -0.1) is 0 Å². The Hall–Kier alpha value is -1.60. The number of hydrogen-bond acceptors (Lipinski definition) is 7. The van der Waals surface area contributed by atoms with Crippen LogP contribution in [0, 0.1) is 17.3 Å². The van der Waals surface area contributed by atoms with Crippen LogP contribution in [0.3, 0.4) is 0 Å². The molecule has 1 unspecified atom stereocenters. The van der Waals surface area contributed by atoms with Gasteiger partial charge < -0.3 is 19.3 Å². The number of phosphoric acid groups is 1. The molecule has 0 amide bonds. The van der Waals surface area contributed by atoms with E-state index in [4.69, 9.17) is 14.4 Å². The largest absolute Gasteiger partial charge is 0.508 e. The quantitative estimate of drug-likeness (QED) is 0.289. The second-order valence-corrected chi connectivity index (χ2v) is 10.6. The maximum Gasteiger partial charge on any atom is 0.508 e. The summed E-state index contributed by atoms with van der Waals surface area (Å²) in [5, 5.41) is 0. The molecule has 0 radical (unpaired) electrons. The average molecular weight is 454 g/mol. The summed E-state index contributed by atoms with van der Waals surface area (Å²) < 4.78 is 31.7. The Bertz CT molecular complexity index is 902. The zero-order chi connectivity index (χ0) is 22.4. The number of benzene rings is 1. The third kappa shape index (κ3) is 4.11. The maximum atomic E-state index is 11.6. The minimum atomic E-state index is -4.27. The van der Waals surface area contributed by atoms with Crippen molar-refractivity contribution in [3.05, 3.63) is 23.3 Å². The SMILES string of the molecule is COc1cc2c(cc1OOP(=O)(O)OC)CC[C@@H]1[C@@H]2CC[C@]2(C)[C@@H](OC(C)=O)CC[C@@H]12. The van der Waals surface area contributed by atoms with Gasteiger partial charge in [0.15, 0.2) is 5.75 Å². The smallest absolute Gasteiger partial charge is 0.493 e. The van der Waals surface area contributed by atoms with Gasteiger partial charge >= 0.3 is 13.8 Å². The van der Waals surface area contributed by atoms with Crippen molar-refractivity contribution < 1.29 is 37.8 Å². The first kappa shape index (κ1) is 22.6. The van der Waals surface area contributed by atoms with E-state index in [1.165, 1.54) is 19.6 Å². The molecule has 1 aromatic rings. The first-order valence-corrected chi connectivity index (χ1v) is 12.3. The van der Waals surface area contributed by atoms with E-state index in [1.807, 2.05) is 12.1 Å². The molecule has 1 N–H and O–H groups in total. The fourth-order valence-electron chi connectivity index (χ4n) is 6.27. The monoisotopic (exact) mass is 454 g/mol. The van der Waals surface area contributed by atoms with Crippen molar-refractivity contribution >= 4 is 13.8 Å². The Labute approximate surface area is 182 Å². The average Bonchev–Trinajstić information content (AvgIpc) is 3.07. The van der Waals surface area contributed by atoms with Gasteiger partial charge in [-0.2, -0.15) is 0 Å². The molecule has 2 saturated carbocycles. The summed E-state index contributed by atoms with van der Waals surface area (Å²) in [4.78, 5) is 26.2. The van der Waals surface area contributed by atoms with E-state index >= 15 is 0 Å². The van der Waals surface area contributed by atoms with Crippen LogP contribution in [0.15, 0.2) is 12.1 Å². The second-order valence-electron chi connectivity index (χ2n) is 9.15. The number of carbonyl (C=O) groups is 1. The molecular weight excluding hydrogens is 423 g/mol. The van der Waals surface area contributed by atoms with Crippen molar-refractivity contribution in [2.45, 2.75) is 64.4 Å². The summed E-state index contributed by atoms with van der Waals surface area (Å²) in [6.07, 6.45) is 6.00. The third-order valence-corrected chi connectivity index (χ3v) is 8.41. The van der Waals surface area contributed by atoms with Gasteiger partial charge in [0, 0.05) is 19.4 Å². The lowest BCUT2D eigenvalue weighted by atomic mass is 9.55. The van der Waals surface area contributed by atoms with Gasteiger partial charge in [-0.3, -0.25) is 9.32 Å². The van der Waals surface area contributed by atoms with Crippen molar-refractivity contribution in [3.8, 4) is 11.5 Å². The molecule has 0 aromatic heterocycles. The lowest BCUT2D eigenvalue weighted by Gasteiger charge is -2.50. The van der Waals surface area contributed by atoms with Crippen LogP contribution >= 0.6 is 7.82 Å². The normalized spacial score (nSPS) is 33.5. The molecule has 8 nitrogen and oxygen atoms in total. The number of esters is 1. The second kappa shape index (κ2) is 8.39. The van der Waals surface area contributed by atoms with Crippen molar-refractivity contribution in [2.24, 2.45) is 17.3 Å². The fourth-order valence-corrected chi connectivity index (χ4v) is 6.50. The van der Waals surface area contributed by atoms with Crippen LogP contribution in [0.5, 0.6) is 11.5 Å². The van der Waals surface area contributed by atoms with Crippen LogP contribution < -0.4 is 9.62 Å². The number of fused-ring (bicyclic) bond motifs is 5.